The van der Waals surface area contributed by atoms with Crippen molar-refractivity contribution in [3.8, 4) is 0 Å². The van der Waals surface area contributed by atoms with E-state index in [1.54, 1.807) is 4.90 Å². The molecule has 1 aromatic carbocycles. The van der Waals surface area contributed by atoms with Crippen LogP contribution in [0, 0.1) is 0 Å². The molecule has 0 radical (unpaired) electrons. The van der Waals surface area contributed by atoms with Crippen LogP contribution in [0.15, 0.2) is 24.3 Å². The zero-order valence-corrected chi connectivity index (χ0v) is 17.4. The number of nitrogens with one attached hydrogen (secondary N) is 1. The number of anilines is 1. The van der Waals surface area contributed by atoms with Crippen LogP contribution in [0.1, 0.15) is 52.0 Å². The molecule has 154 valence electrons. The highest BCUT2D eigenvalue weighted by atomic mass is 16.6. The van der Waals surface area contributed by atoms with Crippen molar-refractivity contribution >= 4 is 17.7 Å². The summed E-state index contributed by atoms with van der Waals surface area (Å²) in [5.74, 6) is -0.145. The summed E-state index contributed by atoms with van der Waals surface area (Å²) in [4.78, 5) is 29.1. The highest BCUT2D eigenvalue weighted by Crippen LogP contribution is 2.22. The molecule has 0 aromatic heterocycles. The Hall–Kier alpha value is -2.08. The third-order valence-electron chi connectivity index (χ3n) is 5.32. The number of benzene rings is 1. The van der Waals surface area contributed by atoms with Crippen LogP contribution in [0.5, 0.6) is 0 Å². The van der Waals surface area contributed by atoms with Crippen LogP contribution in [0.25, 0.3) is 0 Å². The second-order valence-corrected chi connectivity index (χ2v) is 8.82. The van der Waals surface area contributed by atoms with E-state index in [0.717, 1.165) is 25.1 Å². The van der Waals surface area contributed by atoms with Gasteiger partial charge in [0.1, 0.15) is 11.6 Å². The van der Waals surface area contributed by atoms with E-state index < -0.39 is 17.7 Å². The standard InChI is InChI=1S/C22H33N3O3/c1-22(2,3)28-21(27)25-15-6-7-19(25)20(26)23-18-10-8-17(9-11-18)12-16-24-13-4-5-14-24/h8-11,19H,4-7,12-16H2,1-3H3,(H,23,26). The number of amides is 2. The Morgan fingerprint density at radius 1 is 1.07 bits per heavy atom. The lowest BCUT2D eigenvalue weighted by atomic mass is 10.1. The van der Waals surface area contributed by atoms with Crippen LogP contribution in [0.2, 0.25) is 0 Å². The minimum Gasteiger partial charge on any atom is -0.444 e. The summed E-state index contributed by atoms with van der Waals surface area (Å²) in [6.45, 7) is 9.58. The van der Waals surface area contributed by atoms with Gasteiger partial charge in [0.25, 0.3) is 0 Å². The molecule has 1 aromatic rings. The summed E-state index contributed by atoms with van der Waals surface area (Å²) >= 11 is 0. The summed E-state index contributed by atoms with van der Waals surface area (Å²) in [5, 5.41) is 2.96. The fourth-order valence-electron chi connectivity index (χ4n) is 3.85. The number of hydrogen-bond donors (Lipinski definition) is 1. The lowest BCUT2D eigenvalue weighted by Crippen LogP contribution is -2.45. The Bertz CT molecular complexity index is 675. The van der Waals surface area contributed by atoms with Gasteiger partial charge in [0.05, 0.1) is 0 Å². The molecule has 3 rings (SSSR count). The fraction of sp³-hybridized carbons (Fsp3) is 0.636. The van der Waals surface area contributed by atoms with Crippen molar-refractivity contribution in [3.63, 3.8) is 0 Å². The number of rotatable bonds is 5. The first kappa shape index (κ1) is 20.6. The van der Waals surface area contributed by atoms with Crippen molar-refractivity contribution in [2.24, 2.45) is 0 Å². The molecular weight excluding hydrogens is 354 g/mol. The highest BCUT2D eigenvalue weighted by Gasteiger charge is 2.36. The van der Waals surface area contributed by atoms with Gasteiger partial charge in [-0.2, -0.15) is 0 Å². The predicted octanol–water partition coefficient (Wildman–Crippen LogP) is 3.66. The first-order valence-corrected chi connectivity index (χ1v) is 10.4. The first-order chi connectivity index (χ1) is 13.3. The SMILES string of the molecule is CC(C)(C)OC(=O)N1CCCC1C(=O)Nc1ccc(CCN2CCCC2)cc1. The minimum atomic E-state index is -0.564. The largest absolute Gasteiger partial charge is 0.444 e. The second kappa shape index (κ2) is 8.95. The summed E-state index contributed by atoms with van der Waals surface area (Å²) in [5.41, 5.74) is 1.48. The first-order valence-electron chi connectivity index (χ1n) is 10.4. The van der Waals surface area contributed by atoms with Crippen molar-refractivity contribution in [2.75, 3.05) is 31.5 Å². The molecule has 6 nitrogen and oxygen atoms in total. The maximum absolute atomic E-state index is 12.7. The molecule has 1 atom stereocenters. The lowest BCUT2D eigenvalue weighted by molar-refractivity contribution is -0.120. The highest BCUT2D eigenvalue weighted by molar-refractivity contribution is 5.96. The Kier molecular flexibility index (Phi) is 6.60. The summed E-state index contributed by atoms with van der Waals surface area (Å²) in [6.07, 6.45) is 4.72. The van der Waals surface area contributed by atoms with E-state index in [9.17, 15) is 9.59 Å². The number of hydrogen-bond acceptors (Lipinski definition) is 4. The van der Waals surface area contributed by atoms with Gasteiger partial charge in [0.2, 0.25) is 5.91 Å². The Morgan fingerprint density at radius 2 is 1.75 bits per heavy atom. The smallest absolute Gasteiger partial charge is 0.410 e. The van der Waals surface area contributed by atoms with Crippen molar-refractivity contribution in [3.05, 3.63) is 29.8 Å². The Morgan fingerprint density at radius 3 is 2.39 bits per heavy atom. The van der Waals surface area contributed by atoms with E-state index in [2.05, 4.69) is 22.3 Å². The third-order valence-corrected chi connectivity index (χ3v) is 5.32. The molecule has 1 unspecified atom stereocenters. The Labute approximate surface area is 168 Å². The molecule has 0 saturated carbocycles. The maximum Gasteiger partial charge on any atom is 0.410 e. The molecule has 2 aliphatic rings. The molecule has 2 saturated heterocycles. The van der Waals surface area contributed by atoms with E-state index in [-0.39, 0.29) is 5.91 Å². The van der Waals surface area contributed by atoms with E-state index in [1.807, 2.05) is 32.9 Å². The molecular formula is C22H33N3O3. The Balaban J connectivity index is 1.52. The van der Waals surface area contributed by atoms with Crippen molar-refractivity contribution in [1.29, 1.82) is 0 Å². The summed E-state index contributed by atoms with van der Waals surface area (Å²) < 4.78 is 5.44. The van der Waals surface area contributed by atoms with Crippen LogP contribution >= 0.6 is 0 Å². The van der Waals surface area contributed by atoms with Gasteiger partial charge in [-0.25, -0.2) is 4.79 Å². The number of ether oxygens (including phenoxy) is 1. The van der Waals surface area contributed by atoms with Crippen LogP contribution in [-0.4, -0.2) is 59.6 Å². The predicted molar refractivity (Wildman–Crippen MR) is 110 cm³/mol. The molecule has 2 amide bonds. The van der Waals surface area contributed by atoms with Gasteiger partial charge in [-0.3, -0.25) is 9.69 Å². The van der Waals surface area contributed by atoms with Gasteiger partial charge in [0, 0.05) is 18.8 Å². The van der Waals surface area contributed by atoms with Gasteiger partial charge in [0.15, 0.2) is 0 Å². The number of carbonyl (C=O) groups excluding carboxylic acids is 2. The number of carbonyl (C=O) groups is 2. The molecule has 0 aliphatic carbocycles. The quantitative estimate of drug-likeness (QED) is 0.837. The molecule has 28 heavy (non-hydrogen) atoms. The minimum absolute atomic E-state index is 0.145. The molecule has 0 spiro atoms. The lowest BCUT2D eigenvalue weighted by Gasteiger charge is -2.28. The summed E-state index contributed by atoms with van der Waals surface area (Å²) in [6, 6.07) is 7.58. The monoisotopic (exact) mass is 387 g/mol. The van der Waals surface area contributed by atoms with Crippen LogP contribution in [0.4, 0.5) is 10.5 Å². The molecule has 6 heteroatoms. The third kappa shape index (κ3) is 5.71. The average molecular weight is 388 g/mol. The zero-order valence-electron chi connectivity index (χ0n) is 17.4. The fourth-order valence-corrected chi connectivity index (χ4v) is 3.85. The topological polar surface area (TPSA) is 61.9 Å². The van der Waals surface area contributed by atoms with E-state index in [0.29, 0.717) is 13.0 Å². The van der Waals surface area contributed by atoms with Gasteiger partial charge in [-0.05, 0) is 83.7 Å². The molecule has 2 aliphatic heterocycles. The van der Waals surface area contributed by atoms with Crippen LogP contribution in [0.3, 0.4) is 0 Å². The van der Waals surface area contributed by atoms with Gasteiger partial charge >= 0.3 is 6.09 Å². The molecule has 2 heterocycles. The molecule has 1 N–H and O–H groups in total. The number of likely N-dealkylation sites (tertiary alicyclic amines) is 2. The van der Waals surface area contributed by atoms with Crippen molar-refractivity contribution in [2.45, 2.75) is 64.5 Å². The van der Waals surface area contributed by atoms with Crippen LogP contribution < -0.4 is 5.32 Å². The zero-order chi connectivity index (χ0) is 20.1. The normalized spacial score (nSPS) is 20.4. The average Bonchev–Trinajstić information content (AvgIpc) is 3.31. The van der Waals surface area contributed by atoms with Crippen molar-refractivity contribution in [1.82, 2.24) is 9.80 Å². The number of nitrogens with zero attached hydrogens (tertiary/aromatic N) is 2. The van der Waals surface area contributed by atoms with E-state index in [4.69, 9.17) is 4.74 Å². The second-order valence-electron chi connectivity index (χ2n) is 8.82. The van der Waals surface area contributed by atoms with Gasteiger partial charge in [-0.1, -0.05) is 12.1 Å². The van der Waals surface area contributed by atoms with Gasteiger partial charge < -0.3 is 15.0 Å². The van der Waals surface area contributed by atoms with Gasteiger partial charge in [-0.15, -0.1) is 0 Å². The maximum atomic E-state index is 12.7. The van der Waals surface area contributed by atoms with Crippen molar-refractivity contribution < 1.29 is 14.3 Å². The molecule has 2 fully saturated rings. The van der Waals surface area contributed by atoms with E-state index in [1.165, 1.54) is 31.5 Å². The summed E-state index contributed by atoms with van der Waals surface area (Å²) in [7, 11) is 0. The molecule has 0 bridgehead atoms. The van der Waals surface area contributed by atoms with E-state index >= 15 is 0 Å². The van der Waals surface area contributed by atoms with Crippen LogP contribution in [-0.2, 0) is 16.0 Å².